The Morgan fingerprint density at radius 3 is 2.64 bits per heavy atom. The summed E-state index contributed by atoms with van der Waals surface area (Å²) in [5.41, 5.74) is -5.46. The molecule has 2 fully saturated rings. The average molecular weight is 608 g/mol. The Balaban J connectivity index is 1.40. The summed E-state index contributed by atoms with van der Waals surface area (Å²) in [4.78, 5) is 41.9. The van der Waals surface area contributed by atoms with E-state index in [2.05, 4.69) is 14.8 Å². The predicted molar refractivity (Wildman–Crippen MR) is 142 cm³/mol. The number of methoxy groups -OCH3 is 1. The van der Waals surface area contributed by atoms with E-state index in [1.54, 1.807) is 0 Å². The Morgan fingerprint density at radius 2 is 2.00 bits per heavy atom. The molecule has 0 radical (unpaired) electrons. The number of pyridine rings is 1. The third-order valence-electron chi connectivity index (χ3n) is 7.09. The molecule has 3 heterocycles. The van der Waals surface area contributed by atoms with Gasteiger partial charge in [-0.15, -0.1) is 0 Å². The molecule has 1 aliphatic carbocycles. The van der Waals surface area contributed by atoms with Crippen molar-refractivity contribution in [3.8, 4) is 17.0 Å². The summed E-state index contributed by atoms with van der Waals surface area (Å²) in [6.07, 6.45) is -2.42. The standard InChI is InChI=1S/C26H27F2N4O9P/c1-14(21(34)38-3)31-42(37,40-16-8-6-15(7-9-16)20-17(27)5-4-11-29-20)41-18-13-26(18)22(35)25(2,28)23(39-26)32-12-10-19(33)30-24(32)36/h4-12,14,18,22-23,35H,13H2,1-3H3,(H,31,37)(H,30,33,36)/t14-,18-,22-,23+,25+,26-,42?/m0/s1. The van der Waals surface area contributed by atoms with E-state index < -0.39 is 66.5 Å². The van der Waals surface area contributed by atoms with Gasteiger partial charge in [0.1, 0.15) is 41.1 Å². The Bertz CT molecular complexity index is 1660. The second-order valence-electron chi connectivity index (χ2n) is 10.1. The van der Waals surface area contributed by atoms with Gasteiger partial charge in [0.2, 0.25) is 0 Å². The Labute approximate surface area is 237 Å². The number of aliphatic hydroxyl groups excluding tert-OH is 1. The van der Waals surface area contributed by atoms with Gasteiger partial charge in [-0.05, 0) is 50.2 Å². The van der Waals surface area contributed by atoms with Crippen molar-refractivity contribution < 1.29 is 41.8 Å². The fourth-order valence-electron chi connectivity index (χ4n) is 4.83. The van der Waals surface area contributed by atoms with Crippen LogP contribution in [0.5, 0.6) is 5.75 Å². The first-order chi connectivity index (χ1) is 19.8. The number of H-pyrrole nitrogens is 1. The summed E-state index contributed by atoms with van der Waals surface area (Å²) < 4.78 is 66.6. The van der Waals surface area contributed by atoms with Gasteiger partial charge in [-0.1, -0.05) is 0 Å². The molecule has 5 rings (SSSR count). The van der Waals surface area contributed by atoms with Gasteiger partial charge in [-0.2, -0.15) is 5.09 Å². The van der Waals surface area contributed by atoms with Crippen LogP contribution < -0.4 is 20.9 Å². The third kappa shape index (κ3) is 5.41. The highest BCUT2D eigenvalue weighted by molar-refractivity contribution is 7.52. The second kappa shape index (κ2) is 10.8. The molecule has 224 valence electrons. The van der Waals surface area contributed by atoms with E-state index in [1.807, 2.05) is 4.98 Å². The number of rotatable bonds is 9. The van der Waals surface area contributed by atoms with Crippen LogP contribution in [-0.4, -0.2) is 62.2 Å². The zero-order valence-corrected chi connectivity index (χ0v) is 23.4. The lowest BCUT2D eigenvalue weighted by Gasteiger charge is -2.25. The van der Waals surface area contributed by atoms with Gasteiger partial charge in [0, 0.05) is 30.4 Å². The van der Waals surface area contributed by atoms with Gasteiger partial charge in [-0.3, -0.25) is 28.6 Å². The average Bonchev–Trinajstić information content (AvgIpc) is 3.58. The first kappa shape index (κ1) is 29.7. The lowest BCUT2D eigenvalue weighted by Crippen LogP contribution is -2.44. The number of nitrogens with one attached hydrogen (secondary N) is 2. The molecule has 0 amide bonds. The van der Waals surface area contributed by atoms with Crippen molar-refractivity contribution in [1.82, 2.24) is 19.6 Å². The Hall–Kier alpha value is -3.75. The molecule has 1 spiro atoms. The molecule has 0 bridgehead atoms. The van der Waals surface area contributed by atoms with Crippen LogP contribution in [-0.2, 0) is 23.4 Å². The number of esters is 1. The summed E-state index contributed by atoms with van der Waals surface area (Å²) in [7, 11) is -3.35. The maximum Gasteiger partial charge on any atom is 0.459 e. The Kier molecular flexibility index (Phi) is 7.66. The summed E-state index contributed by atoms with van der Waals surface area (Å²) in [6, 6.07) is 8.20. The number of benzene rings is 1. The summed E-state index contributed by atoms with van der Waals surface area (Å²) >= 11 is 0. The van der Waals surface area contributed by atoms with E-state index in [0.29, 0.717) is 5.56 Å². The number of hydrogen-bond donors (Lipinski definition) is 3. The topological polar surface area (TPSA) is 171 Å². The SMILES string of the molecule is COC(=O)[C@H](C)NP(=O)(Oc1ccc(-c2ncccc2F)cc1)O[C@H]1C[C@]12O[C@@H](n1ccc(=O)[nH]c1=O)[C@](C)(F)[C@@H]2O. The molecule has 1 saturated carbocycles. The maximum absolute atomic E-state index is 15.8. The van der Waals surface area contributed by atoms with Gasteiger partial charge in [0.05, 0.1) is 7.11 Å². The third-order valence-corrected chi connectivity index (χ3v) is 8.78. The van der Waals surface area contributed by atoms with Gasteiger partial charge in [0.25, 0.3) is 5.56 Å². The number of halogens is 2. The van der Waals surface area contributed by atoms with Crippen LogP contribution in [0.2, 0.25) is 0 Å². The molecule has 7 atom stereocenters. The van der Waals surface area contributed by atoms with Gasteiger partial charge < -0.3 is 19.1 Å². The van der Waals surface area contributed by atoms with Gasteiger partial charge in [-0.25, -0.2) is 18.1 Å². The largest absolute Gasteiger partial charge is 0.468 e. The monoisotopic (exact) mass is 608 g/mol. The van der Waals surface area contributed by atoms with E-state index in [9.17, 15) is 28.4 Å². The highest BCUT2D eigenvalue weighted by atomic mass is 31.2. The predicted octanol–water partition coefficient (Wildman–Crippen LogP) is 2.22. The zero-order chi connectivity index (χ0) is 30.4. The molecular weight excluding hydrogens is 581 g/mol. The molecule has 42 heavy (non-hydrogen) atoms. The number of hydrogen-bond acceptors (Lipinski definition) is 10. The van der Waals surface area contributed by atoms with E-state index in [4.69, 9.17) is 13.8 Å². The van der Waals surface area contributed by atoms with E-state index in [0.717, 1.165) is 30.9 Å². The molecule has 16 heteroatoms. The number of aliphatic hydroxyl groups is 1. The number of aromatic amines is 1. The molecular formula is C26H27F2N4O9P. The number of carbonyl (C=O) groups is 1. The molecule has 1 aliphatic heterocycles. The fraction of sp³-hybridized carbons (Fsp3) is 0.385. The number of aromatic nitrogens is 3. The molecule has 13 nitrogen and oxygen atoms in total. The molecule has 3 N–H and O–H groups in total. The van der Waals surface area contributed by atoms with Gasteiger partial charge in [0.15, 0.2) is 11.9 Å². The minimum absolute atomic E-state index is 0.00132. The van der Waals surface area contributed by atoms with Crippen LogP contribution in [0.25, 0.3) is 11.3 Å². The quantitative estimate of drug-likeness (QED) is 0.240. The minimum Gasteiger partial charge on any atom is -0.468 e. The number of nitrogens with zero attached hydrogens (tertiary/aromatic N) is 2. The summed E-state index contributed by atoms with van der Waals surface area (Å²) in [5, 5.41) is 13.4. The van der Waals surface area contributed by atoms with Crippen molar-refractivity contribution in [2.24, 2.45) is 0 Å². The smallest absolute Gasteiger partial charge is 0.459 e. The van der Waals surface area contributed by atoms with Crippen LogP contribution >= 0.6 is 7.75 Å². The van der Waals surface area contributed by atoms with Crippen LogP contribution in [0.4, 0.5) is 8.78 Å². The van der Waals surface area contributed by atoms with E-state index in [1.165, 1.54) is 49.5 Å². The summed E-state index contributed by atoms with van der Waals surface area (Å²) in [6.45, 7) is 2.36. The van der Waals surface area contributed by atoms with Crippen LogP contribution in [0.1, 0.15) is 26.5 Å². The van der Waals surface area contributed by atoms with Crippen molar-refractivity contribution in [3.05, 3.63) is 81.5 Å². The molecule has 1 saturated heterocycles. The van der Waals surface area contributed by atoms with Crippen LogP contribution in [0, 0.1) is 5.82 Å². The number of alkyl halides is 1. The van der Waals surface area contributed by atoms with Crippen molar-refractivity contribution in [1.29, 1.82) is 0 Å². The first-order valence-electron chi connectivity index (χ1n) is 12.7. The minimum atomic E-state index is -4.48. The first-order valence-corrected chi connectivity index (χ1v) is 14.2. The highest BCUT2D eigenvalue weighted by Crippen LogP contribution is 2.63. The van der Waals surface area contributed by atoms with Crippen molar-refractivity contribution >= 4 is 13.7 Å². The maximum atomic E-state index is 15.8. The molecule has 3 aromatic rings. The molecule has 2 aromatic heterocycles. The lowest BCUT2D eigenvalue weighted by molar-refractivity contribution is -0.142. The molecule has 1 aromatic carbocycles. The molecule has 1 unspecified atom stereocenters. The highest BCUT2D eigenvalue weighted by Gasteiger charge is 2.76. The number of ether oxygens (including phenoxy) is 2. The van der Waals surface area contributed by atoms with Crippen molar-refractivity contribution in [2.75, 3.05) is 7.11 Å². The normalized spacial score (nSPS) is 28.7. The van der Waals surface area contributed by atoms with E-state index >= 15 is 4.39 Å². The fourth-order valence-corrected chi connectivity index (χ4v) is 6.56. The summed E-state index contributed by atoms with van der Waals surface area (Å²) in [5.74, 6) is -1.34. The second-order valence-corrected chi connectivity index (χ2v) is 11.8. The van der Waals surface area contributed by atoms with Crippen molar-refractivity contribution in [3.63, 3.8) is 0 Å². The van der Waals surface area contributed by atoms with E-state index in [-0.39, 0.29) is 17.9 Å². The number of carbonyl (C=O) groups excluding carboxylic acids is 1. The van der Waals surface area contributed by atoms with Crippen LogP contribution in [0.3, 0.4) is 0 Å². The van der Waals surface area contributed by atoms with Crippen LogP contribution in [0.15, 0.2) is 64.4 Å². The van der Waals surface area contributed by atoms with Crippen molar-refractivity contribution in [2.45, 2.75) is 56.0 Å². The van der Waals surface area contributed by atoms with Gasteiger partial charge >= 0.3 is 19.4 Å². The zero-order valence-electron chi connectivity index (χ0n) is 22.5. The Morgan fingerprint density at radius 1 is 1.29 bits per heavy atom. The molecule has 2 aliphatic rings. The lowest BCUT2D eigenvalue weighted by atomic mass is 9.97.